The Bertz CT molecular complexity index is 4140. The normalized spacial score (nSPS) is 20.5. The molecule has 1 saturated carbocycles. The smallest absolute Gasteiger partial charge is 0.271 e. The Kier molecular flexibility index (Phi) is 22.5. The van der Waals surface area contributed by atoms with Gasteiger partial charge in [-0.15, -0.1) is 68.0 Å². The maximum atomic E-state index is 14.5. The van der Waals surface area contributed by atoms with Gasteiger partial charge in [-0.25, -0.2) is 34.9 Å². The van der Waals surface area contributed by atoms with Gasteiger partial charge >= 0.3 is 0 Å². The number of nitrogens with one attached hydrogen (secondary N) is 6. The van der Waals surface area contributed by atoms with Crippen LogP contribution in [-0.4, -0.2) is 163 Å². The Balaban J connectivity index is 0.818. The van der Waals surface area contributed by atoms with Crippen LogP contribution in [0.25, 0.3) is 49.1 Å². The van der Waals surface area contributed by atoms with E-state index in [0.29, 0.717) is 117 Å². The SMILES string of the molecule is C=C1NCC(=O)N[C@@H]([C@@H](O)c2ccccc2)c2nc(cs2)-c2nc(cs2)-c2nc(-c3nc(NC(=O)C4CCC(C(=O)N5CCN(CCN6CCCCC6)CC5)CC4)cs3)ccc2-c2nc(cs2)C(=O)N[C@@H](CC(=O)NC)c2nc(c(C)s2)C(=O)N[C@@H](C(C)C)c2nc1c(COC)s2. The maximum Gasteiger partial charge on any atom is 0.271 e. The molecular weight excluding hydrogens is 1350 g/mol. The van der Waals surface area contributed by atoms with Crippen LogP contribution >= 0.6 is 68.0 Å². The van der Waals surface area contributed by atoms with Crippen LogP contribution in [0.4, 0.5) is 5.82 Å². The molecule has 97 heavy (non-hydrogen) atoms. The van der Waals surface area contributed by atoms with E-state index in [1.807, 2.05) is 41.6 Å². The van der Waals surface area contributed by atoms with Gasteiger partial charge in [0.1, 0.15) is 82.2 Å². The second-order valence-electron chi connectivity index (χ2n) is 24.9. The molecule has 1 aliphatic carbocycles. The number of piperidine rings is 1. The van der Waals surface area contributed by atoms with Gasteiger partial charge < -0.3 is 51.5 Å². The summed E-state index contributed by atoms with van der Waals surface area (Å²) in [5.41, 5.74) is 3.87. The van der Waals surface area contributed by atoms with Crippen molar-refractivity contribution < 1.29 is 38.6 Å². The molecule has 0 radical (unpaired) electrons. The van der Waals surface area contributed by atoms with Crippen molar-refractivity contribution in [2.75, 3.05) is 78.4 Å². The predicted octanol–water partition coefficient (Wildman–Crippen LogP) is 9.52. The predicted molar refractivity (Wildman–Crippen MR) is 379 cm³/mol. The Morgan fingerprint density at radius 2 is 1.35 bits per heavy atom. The zero-order chi connectivity index (χ0) is 67.9. The number of piperazine rings is 1. The molecule has 0 unspecified atom stereocenters. The van der Waals surface area contributed by atoms with Crippen molar-refractivity contribution in [2.24, 2.45) is 17.8 Å². The van der Waals surface area contributed by atoms with Gasteiger partial charge in [0, 0.05) is 97.2 Å². The summed E-state index contributed by atoms with van der Waals surface area (Å²) in [4.78, 5) is 127. The van der Waals surface area contributed by atoms with Crippen molar-refractivity contribution in [1.29, 1.82) is 0 Å². The summed E-state index contributed by atoms with van der Waals surface area (Å²) in [6.45, 7) is 17.6. The van der Waals surface area contributed by atoms with Crippen LogP contribution in [0.3, 0.4) is 0 Å². The number of methoxy groups -OCH3 is 1. The summed E-state index contributed by atoms with van der Waals surface area (Å²) < 4.78 is 5.59. The number of benzene rings is 1. The first kappa shape index (κ1) is 69.3. The lowest BCUT2D eigenvalue weighted by Gasteiger charge is -2.38. The van der Waals surface area contributed by atoms with Crippen molar-refractivity contribution in [3.63, 3.8) is 0 Å². The number of carbonyl (C=O) groups excluding carboxylic acids is 6. The van der Waals surface area contributed by atoms with Crippen molar-refractivity contribution >= 4 is 115 Å². The number of aliphatic hydroxyl groups excluding tert-OH is 1. The number of anilines is 1. The molecule has 3 aliphatic heterocycles. The summed E-state index contributed by atoms with van der Waals surface area (Å²) in [6, 6.07) is 10.1. The molecule has 10 heterocycles. The minimum atomic E-state index is -1.21. The lowest BCUT2D eigenvalue weighted by Crippen LogP contribution is -2.52. The van der Waals surface area contributed by atoms with Crippen LogP contribution in [0.2, 0.25) is 0 Å². The molecule has 1 aromatic carbocycles. The fraction of sp³-hybridized carbons (Fsp3) is 0.448. The second-order valence-corrected chi connectivity index (χ2v) is 30.7. The fourth-order valence-electron chi connectivity index (χ4n) is 12.5. The lowest BCUT2D eigenvalue weighted by molar-refractivity contribution is -0.139. The third-order valence-corrected chi connectivity index (χ3v) is 23.7. The molecule has 6 amide bonds. The van der Waals surface area contributed by atoms with Gasteiger partial charge in [-0.05, 0) is 82.2 Å². The van der Waals surface area contributed by atoms with E-state index >= 15 is 0 Å². The number of aliphatic hydroxyl groups is 1. The highest BCUT2D eigenvalue weighted by Crippen LogP contribution is 2.41. The number of aromatic nitrogens is 7. The molecule has 4 atom stereocenters. The number of fused-ring (bicyclic) bond motifs is 14. The van der Waals surface area contributed by atoms with Crippen molar-refractivity contribution in [3.8, 4) is 43.4 Å². The quantitative estimate of drug-likeness (QED) is 0.0533. The fourth-order valence-corrected chi connectivity index (χ4v) is 18.0. The molecule has 2 saturated heterocycles. The summed E-state index contributed by atoms with van der Waals surface area (Å²) in [5.74, 6) is -1.98. The monoisotopic (exact) mass is 1430 g/mol. The van der Waals surface area contributed by atoms with E-state index in [9.17, 15) is 33.9 Å². The molecule has 4 aliphatic rings. The van der Waals surface area contributed by atoms with E-state index in [2.05, 4.69) is 48.3 Å². The molecule has 12 rings (SSSR count). The standard InChI is InChI=1S/C67H78N16O8S6/c1-36(2)52-66-79-53(48(97-66)31-91-6)37(3)69-30-51(85)77-56(57(86)39-13-9-7-10-14-39)65-74-47(34-94-65)63-72-45(32-93-63)55-42(61-73-46(33-92-61)59(88)71-44(29-50(84)68-5)64-80-54(38(4)96-64)60(89)78-52)19-20-43(70-55)62-76-49(35-95-62)75-58(87)40-15-17-41(18-16-40)67(90)83-27-25-82(26-28-83)24-23-81-21-11-8-12-22-81/h7,9-10,13-14,19-20,32-36,40-41,44,52,56-57,69,86H,3,8,11-12,15-18,21-31H2,1-2,4-6H3,(H,68,84)(H,71,88)(H,75,87)(H,77,85)(H,78,89)/t40?,41?,44-,52-,56-,57-/m0/s1. The zero-order valence-electron chi connectivity index (χ0n) is 54.6. The molecule has 3 fully saturated rings. The number of amides is 6. The van der Waals surface area contributed by atoms with Gasteiger partial charge in [-0.2, -0.15) is 0 Å². The summed E-state index contributed by atoms with van der Waals surface area (Å²) in [7, 11) is 3.06. The molecule has 30 heteroatoms. The number of hydrogen-bond acceptors (Lipinski definition) is 24. The van der Waals surface area contributed by atoms with E-state index < -0.39 is 42.0 Å². The minimum Gasteiger partial charge on any atom is -0.386 e. The van der Waals surface area contributed by atoms with Crippen molar-refractivity contribution in [2.45, 2.75) is 103 Å². The summed E-state index contributed by atoms with van der Waals surface area (Å²) in [6.07, 6.45) is 5.02. The molecule has 510 valence electrons. The van der Waals surface area contributed by atoms with E-state index in [1.165, 1.54) is 107 Å². The number of ether oxygens (including phenoxy) is 1. The van der Waals surface area contributed by atoms with E-state index in [4.69, 9.17) is 39.6 Å². The van der Waals surface area contributed by atoms with Gasteiger partial charge in [-0.3, -0.25) is 33.7 Å². The number of likely N-dealkylation sites (tertiary alicyclic amines) is 1. The maximum absolute atomic E-state index is 14.5. The van der Waals surface area contributed by atoms with Crippen LogP contribution < -0.4 is 31.9 Å². The highest BCUT2D eigenvalue weighted by molar-refractivity contribution is 7.15. The molecule has 8 aromatic rings. The van der Waals surface area contributed by atoms with Gasteiger partial charge in [0.2, 0.25) is 23.6 Å². The minimum absolute atomic E-state index is 0.0568. The van der Waals surface area contributed by atoms with Crippen LogP contribution in [0, 0.1) is 24.7 Å². The number of nitrogens with zero attached hydrogens (tertiary/aromatic N) is 10. The second kappa shape index (κ2) is 31.5. The number of thiazole rings is 6. The average molecular weight is 1430 g/mol. The lowest BCUT2D eigenvalue weighted by atomic mass is 9.81. The highest BCUT2D eigenvalue weighted by Gasteiger charge is 2.36. The first-order chi connectivity index (χ1) is 47.0. The Hall–Kier alpha value is -7.65. The number of carbonyl (C=O) groups is 6. The first-order valence-electron chi connectivity index (χ1n) is 32.6. The molecular formula is C67H78N16O8S6. The summed E-state index contributed by atoms with van der Waals surface area (Å²) in [5, 5.41) is 39.8. The Morgan fingerprint density at radius 1 is 0.670 bits per heavy atom. The third-order valence-electron chi connectivity index (χ3n) is 17.9. The van der Waals surface area contributed by atoms with Crippen LogP contribution in [0.1, 0.15) is 146 Å². The Labute approximate surface area is 586 Å². The number of hydrogen-bond donors (Lipinski definition) is 7. The van der Waals surface area contributed by atoms with Gasteiger partial charge in [-0.1, -0.05) is 57.2 Å². The van der Waals surface area contributed by atoms with E-state index in [1.54, 1.807) is 55.1 Å². The van der Waals surface area contributed by atoms with Crippen LogP contribution in [-0.2, 0) is 30.5 Å². The summed E-state index contributed by atoms with van der Waals surface area (Å²) >= 11 is 7.61. The van der Waals surface area contributed by atoms with E-state index in [-0.39, 0.29) is 66.4 Å². The zero-order valence-corrected chi connectivity index (χ0v) is 59.5. The molecule has 0 spiro atoms. The molecule has 24 nitrogen and oxygen atoms in total. The van der Waals surface area contributed by atoms with Gasteiger partial charge in [0.25, 0.3) is 11.8 Å². The number of aryl methyl sites for hydroxylation is 1. The average Bonchev–Trinajstić information content (AvgIpc) is 1.70. The van der Waals surface area contributed by atoms with E-state index in [0.717, 1.165) is 39.3 Å². The Morgan fingerprint density at radius 3 is 2.09 bits per heavy atom. The molecule has 7 aromatic heterocycles. The van der Waals surface area contributed by atoms with Crippen molar-refractivity contribution in [1.82, 2.24) is 76.2 Å². The largest absolute Gasteiger partial charge is 0.386 e. The number of pyridine rings is 1. The van der Waals surface area contributed by atoms with Crippen molar-refractivity contribution in [3.05, 3.63) is 118 Å². The van der Waals surface area contributed by atoms with Gasteiger partial charge in [0.15, 0.2) is 0 Å². The highest BCUT2D eigenvalue weighted by atomic mass is 32.1. The van der Waals surface area contributed by atoms with Crippen LogP contribution in [0.15, 0.2) is 70.6 Å². The number of rotatable bonds is 14. The van der Waals surface area contributed by atoms with Crippen LogP contribution in [0.5, 0.6) is 0 Å². The topological polar surface area (TPSA) is 304 Å². The first-order valence-corrected chi connectivity index (χ1v) is 37.7. The third kappa shape index (κ3) is 16.4. The van der Waals surface area contributed by atoms with Gasteiger partial charge in [0.05, 0.1) is 47.9 Å². The molecule has 7 N–H and O–H groups in total. The molecule has 10 bridgehead atoms.